The van der Waals surface area contributed by atoms with Gasteiger partial charge in [0.05, 0.1) is 0 Å². The van der Waals surface area contributed by atoms with Crippen molar-refractivity contribution in [1.82, 2.24) is 0 Å². The molecule has 1 aliphatic rings. The summed E-state index contributed by atoms with van der Waals surface area (Å²) in [5.41, 5.74) is 8.53. The first-order valence-electron chi connectivity index (χ1n) is 8.36. The van der Waals surface area contributed by atoms with Crippen molar-refractivity contribution in [3.05, 3.63) is 5.53 Å². The number of carbonyl (C=O) groups is 2. The van der Waals surface area contributed by atoms with Gasteiger partial charge in [0.1, 0.15) is 6.10 Å². The molecule has 22 heavy (non-hydrogen) atoms. The van der Waals surface area contributed by atoms with Crippen LogP contribution >= 0.6 is 0 Å². The van der Waals surface area contributed by atoms with Crippen molar-refractivity contribution in [3.8, 4) is 0 Å². The van der Waals surface area contributed by atoms with Crippen molar-refractivity contribution in [1.29, 1.82) is 0 Å². The van der Waals surface area contributed by atoms with Crippen molar-refractivity contribution < 1.29 is 19.1 Å². The molecule has 1 saturated carbocycles. The van der Waals surface area contributed by atoms with Crippen LogP contribution in [0.5, 0.6) is 0 Å². The van der Waals surface area contributed by atoms with Gasteiger partial charge in [-0.05, 0) is 37.0 Å². The third kappa shape index (κ3) is 5.06. The number of hydrogen-bond donors (Lipinski definition) is 0. The van der Waals surface area contributed by atoms with E-state index < -0.39 is 17.5 Å². The van der Waals surface area contributed by atoms with E-state index in [4.69, 9.17) is 10.3 Å². The molecular formula is C17H28N2O3. The number of Topliss-reactive ketones (excluding diaryl/α,β-unsaturated/α-hetero) is 1. The number of rotatable bonds is 7. The van der Waals surface area contributed by atoms with E-state index in [9.17, 15) is 9.59 Å². The summed E-state index contributed by atoms with van der Waals surface area (Å²) in [6.45, 7) is 8.34. The summed E-state index contributed by atoms with van der Waals surface area (Å²) in [4.78, 5) is 27.0. The number of ether oxygens (including phenoxy) is 1. The van der Waals surface area contributed by atoms with Crippen molar-refractivity contribution in [3.63, 3.8) is 0 Å². The largest absolute Gasteiger partial charge is 0.453 e. The van der Waals surface area contributed by atoms with Crippen LogP contribution in [0.1, 0.15) is 66.2 Å². The fourth-order valence-electron chi connectivity index (χ4n) is 3.11. The standard InChI is InChI=1S/C17H28N2O3/c1-5-6-7-14(20)16(19-18)17(21)22-15-10-12(4)8-9-13(15)11(2)3/h11-13,15H,5-10H2,1-4H3/t12-,13+,15+/m1/s1. The van der Waals surface area contributed by atoms with Crippen molar-refractivity contribution in [2.75, 3.05) is 0 Å². The Bertz CT molecular complexity index is 453. The van der Waals surface area contributed by atoms with Crippen LogP contribution in [-0.4, -0.2) is 28.4 Å². The lowest BCUT2D eigenvalue weighted by molar-refractivity contribution is -0.153. The van der Waals surface area contributed by atoms with Gasteiger partial charge in [-0.15, -0.1) is 0 Å². The Labute approximate surface area is 133 Å². The zero-order valence-corrected chi connectivity index (χ0v) is 14.2. The van der Waals surface area contributed by atoms with Gasteiger partial charge < -0.3 is 10.3 Å². The molecule has 0 unspecified atom stereocenters. The molecule has 0 aromatic rings. The van der Waals surface area contributed by atoms with Crippen LogP contribution in [0.25, 0.3) is 5.53 Å². The zero-order chi connectivity index (χ0) is 16.7. The Morgan fingerprint density at radius 3 is 2.55 bits per heavy atom. The van der Waals surface area contributed by atoms with Crippen molar-refractivity contribution >= 4 is 17.5 Å². The molecule has 5 heteroatoms. The second kappa shape index (κ2) is 8.84. The highest BCUT2D eigenvalue weighted by molar-refractivity contribution is 6.62. The zero-order valence-electron chi connectivity index (χ0n) is 14.2. The van der Waals surface area contributed by atoms with Crippen molar-refractivity contribution in [2.45, 2.75) is 72.3 Å². The topological polar surface area (TPSA) is 79.8 Å². The summed E-state index contributed by atoms with van der Waals surface area (Å²) in [5.74, 6) is -0.0211. The SMILES string of the molecule is CCCCC(=O)C(=[N+]=[N-])C(=O)O[C@H]1C[C@H](C)CC[C@H]1C(C)C. The van der Waals surface area contributed by atoms with Gasteiger partial charge in [0.2, 0.25) is 0 Å². The second-order valence-electron chi connectivity index (χ2n) is 6.75. The maximum atomic E-state index is 12.2. The van der Waals surface area contributed by atoms with Crippen molar-refractivity contribution in [2.24, 2.45) is 17.8 Å². The Morgan fingerprint density at radius 1 is 1.32 bits per heavy atom. The number of unbranched alkanes of at least 4 members (excludes halogenated alkanes) is 1. The van der Waals surface area contributed by atoms with Gasteiger partial charge >= 0.3 is 11.7 Å². The van der Waals surface area contributed by atoms with Crippen LogP contribution in [0.3, 0.4) is 0 Å². The molecule has 1 fully saturated rings. The van der Waals surface area contributed by atoms with E-state index in [1.165, 1.54) is 0 Å². The van der Waals surface area contributed by atoms with E-state index in [-0.39, 0.29) is 12.5 Å². The molecule has 0 N–H and O–H groups in total. The molecule has 0 radical (unpaired) electrons. The van der Waals surface area contributed by atoms with Gasteiger partial charge in [0, 0.05) is 6.42 Å². The first kappa shape index (κ1) is 18.6. The first-order valence-corrected chi connectivity index (χ1v) is 8.36. The van der Waals surface area contributed by atoms with Gasteiger partial charge in [-0.1, -0.05) is 40.5 Å². The fourth-order valence-corrected chi connectivity index (χ4v) is 3.11. The quantitative estimate of drug-likeness (QED) is 0.238. The average Bonchev–Trinajstić information content (AvgIpc) is 2.45. The lowest BCUT2D eigenvalue weighted by Gasteiger charge is -2.36. The fraction of sp³-hybridized carbons (Fsp3) is 0.824. The van der Waals surface area contributed by atoms with Crippen LogP contribution in [0.15, 0.2) is 0 Å². The van der Waals surface area contributed by atoms with E-state index in [1.807, 2.05) is 6.92 Å². The van der Waals surface area contributed by atoms with Crippen LogP contribution in [0.2, 0.25) is 0 Å². The summed E-state index contributed by atoms with van der Waals surface area (Å²) in [5, 5.41) is 0. The smallest absolute Gasteiger partial charge is 0.441 e. The van der Waals surface area contributed by atoms with Crippen LogP contribution < -0.4 is 0 Å². The Hall–Kier alpha value is -1.48. The Morgan fingerprint density at radius 2 is 2.00 bits per heavy atom. The second-order valence-corrected chi connectivity index (χ2v) is 6.75. The number of ketones is 1. The molecule has 0 amide bonds. The molecule has 0 heterocycles. The summed E-state index contributed by atoms with van der Waals surface area (Å²) < 4.78 is 5.54. The molecule has 0 saturated heterocycles. The van der Waals surface area contributed by atoms with Gasteiger partial charge in [0.25, 0.3) is 5.78 Å². The highest BCUT2D eigenvalue weighted by atomic mass is 16.5. The number of carbonyl (C=O) groups excluding carboxylic acids is 2. The van der Waals surface area contributed by atoms with Crippen LogP contribution in [-0.2, 0) is 14.3 Å². The van der Waals surface area contributed by atoms with Gasteiger partial charge in [-0.3, -0.25) is 4.79 Å². The predicted octanol–water partition coefficient (Wildman–Crippen LogP) is 3.42. The molecule has 0 spiro atoms. The minimum absolute atomic E-state index is 0.202. The first-order chi connectivity index (χ1) is 10.4. The normalized spacial score (nSPS) is 24.7. The van der Waals surface area contributed by atoms with Crippen LogP contribution in [0.4, 0.5) is 0 Å². The van der Waals surface area contributed by atoms with E-state index in [0.29, 0.717) is 24.2 Å². The van der Waals surface area contributed by atoms with E-state index in [1.54, 1.807) is 0 Å². The number of nitrogens with zero attached hydrogens (tertiary/aromatic N) is 2. The lowest BCUT2D eigenvalue weighted by Crippen LogP contribution is -2.39. The summed E-state index contributed by atoms with van der Waals surface area (Å²) in [6.07, 6.45) is 4.47. The summed E-state index contributed by atoms with van der Waals surface area (Å²) in [6, 6.07) is 0. The number of hydrogen-bond acceptors (Lipinski definition) is 3. The molecule has 124 valence electrons. The average molecular weight is 308 g/mol. The summed E-state index contributed by atoms with van der Waals surface area (Å²) >= 11 is 0. The minimum atomic E-state index is -0.784. The van der Waals surface area contributed by atoms with Crippen LogP contribution in [0, 0.1) is 17.8 Å². The molecule has 5 nitrogen and oxygen atoms in total. The Kier molecular flexibility index (Phi) is 7.46. The Balaban J connectivity index is 2.75. The molecule has 1 rings (SSSR count). The number of esters is 1. The minimum Gasteiger partial charge on any atom is -0.453 e. The molecular weight excluding hydrogens is 280 g/mol. The molecule has 3 atom stereocenters. The van der Waals surface area contributed by atoms with E-state index >= 15 is 0 Å². The molecule has 0 bridgehead atoms. The highest BCUT2D eigenvalue weighted by Crippen LogP contribution is 2.35. The summed E-state index contributed by atoms with van der Waals surface area (Å²) in [7, 11) is 0. The van der Waals surface area contributed by atoms with E-state index in [2.05, 4.69) is 25.6 Å². The maximum absolute atomic E-state index is 12.2. The third-order valence-corrected chi connectivity index (χ3v) is 4.53. The molecule has 0 aromatic carbocycles. The van der Waals surface area contributed by atoms with Gasteiger partial charge in [0.15, 0.2) is 0 Å². The predicted molar refractivity (Wildman–Crippen MR) is 84.4 cm³/mol. The molecule has 0 aromatic heterocycles. The lowest BCUT2D eigenvalue weighted by atomic mass is 9.75. The molecule has 1 aliphatic carbocycles. The molecule has 0 aliphatic heterocycles. The maximum Gasteiger partial charge on any atom is 0.441 e. The van der Waals surface area contributed by atoms with E-state index in [0.717, 1.165) is 25.7 Å². The van der Waals surface area contributed by atoms with Gasteiger partial charge in [-0.25, -0.2) is 4.79 Å². The highest BCUT2D eigenvalue weighted by Gasteiger charge is 2.38. The third-order valence-electron chi connectivity index (χ3n) is 4.53. The monoisotopic (exact) mass is 308 g/mol. The van der Waals surface area contributed by atoms with Gasteiger partial charge in [-0.2, -0.15) is 4.79 Å².